The third kappa shape index (κ3) is 1.72. The zero-order valence-electron chi connectivity index (χ0n) is 9.14. The summed E-state index contributed by atoms with van der Waals surface area (Å²) in [5.41, 5.74) is 7.92. The summed E-state index contributed by atoms with van der Waals surface area (Å²) in [6.07, 6.45) is 4.60. The van der Waals surface area contributed by atoms with Gasteiger partial charge in [0.1, 0.15) is 0 Å². The van der Waals surface area contributed by atoms with Crippen LogP contribution in [0.5, 0.6) is 0 Å². The van der Waals surface area contributed by atoms with Crippen LogP contribution in [0.4, 0.5) is 0 Å². The summed E-state index contributed by atoms with van der Waals surface area (Å²) >= 11 is 0. The van der Waals surface area contributed by atoms with Gasteiger partial charge in [-0.15, -0.1) is 0 Å². The maximum Gasteiger partial charge on any atom is 0.234 e. The predicted octanol–water partition coefficient (Wildman–Crippen LogP) is 1.35. The largest absolute Gasteiger partial charge is 0.330 e. The van der Waals surface area contributed by atoms with Crippen LogP contribution < -0.4 is 5.73 Å². The molecule has 4 nitrogen and oxygen atoms in total. The smallest absolute Gasteiger partial charge is 0.234 e. The molecule has 0 fully saturated rings. The number of hydrogen-bond donors (Lipinski definition) is 1. The molecule has 0 radical (unpaired) electrons. The first kappa shape index (κ1) is 10.1. The normalized spacial score (nSPS) is 11.5. The lowest BCUT2D eigenvalue weighted by Gasteiger charge is -2.05. The minimum Gasteiger partial charge on any atom is -0.330 e. The van der Waals surface area contributed by atoms with Gasteiger partial charge in [-0.25, -0.2) is 9.97 Å². The lowest BCUT2D eigenvalue weighted by molar-refractivity contribution is 0.791. The summed E-state index contributed by atoms with van der Waals surface area (Å²) in [5, 5.41) is 0. The first-order valence-electron chi connectivity index (χ1n) is 5.26. The monoisotopic (exact) mass is 204 g/mol. The zero-order chi connectivity index (χ0) is 10.8. The van der Waals surface area contributed by atoms with Crippen LogP contribution in [0, 0.1) is 0 Å². The molecule has 0 amide bonds. The summed E-state index contributed by atoms with van der Waals surface area (Å²) in [5.74, 6) is 1.18. The van der Waals surface area contributed by atoms with Crippen LogP contribution in [-0.2, 0) is 6.42 Å². The molecule has 0 aliphatic heterocycles. The van der Waals surface area contributed by atoms with E-state index >= 15 is 0 Å². The van der Waals surface area contributed by atoms with Crippen LogP contribution in [0.1, 0.15) is 31.2 Å². The van der Waals surface area contributed by atoms with Gasteiger partial charge in [-0.1, -0.05) is 13.8 Å². The van der Waals surface area contributed by atoms with E-state index in [1.165, 1.54) is 5.69 Å². The molecular weight excluding hydrogens is 188 g/mol. The number of nitrogens with two attached hydrogens (primary N) is 1. The topological polar surface area (TPSA) is 56.2 Å². The Morgan fingerprint density at radius 3 is 2.93 bits per heavy atom. The van der Waals surface area contributed by atoms with Crippen molar-refractivity contribution in [2.45, 2.75) is 26.2 Å². The fourth-order valence-electron chi connectivity index (χ4n) is 1.80. The summed E-state index contributed by atoms with van der Waals surface area (Å²) in [4.78, 5) is 8.77. The number of fused-ring (bicyclic) bond motifs is 1. The molecule has 80 valence electrons. The molecule has 0 aliphatic carbocycles. The Balaban J connectivity index is 2.63. The van der Waals surface area contributed by atoms with Gasteiger partial charge < -0.3 is 5.73 Å². The van der Waals surface area contributed by atoms with Crippen LogP contribution in [0.3, 0.4) is 0 Å². The van der Waals surface area contributed by atoms with E-state index in [0.29, 0.717) is 12.5 Å². The summed E-state index contributed by atoms with van der Waals surface area (Å²) in [6.45, 7) is 4.92. The summed E-state index contributed by atoms with van der Waals surface area (Å²) in [6, 6.07) is 1.92. The van der Waals surface area contributed by atoms with E-state index < -0.39 is 0 Å². The molecule has 2 rings (SSSR count). The van der Waals surface area contributed by atoms with E-state index in [1.807, 2.05) is 16.7 Å². The Bertz CT molecular complexity index is 459. The molecule has 15 heavy (non-hydrogen) atoms. The van der Waals surface area contributed by atoms with Crippen LogP contribution >= 0.6 is 0 Å². The quantitative estimate of drug-likeness (QED) is 0.821. The van der Waals surface area contributed by atoms with Gasteiger partial charge >= 0.3 is 0 Å². The second-order valence-electron chi connectivity index (χ2n) is 3.93. The van der Waals surface area contributed by atoms with Crippen molar-refractivity contribution in [1.82, 2.24) is 14.4 Å². The lowest BCUT2D eigenvalue weighted by Crippen LogP contribution is -2.07. The van der Waals surface area contributed by atoms with Gasteiger partial charge in [0, 0.05) is 24.5 Å². The highest BCUT2D eigenvalue weighted by Gasteiger charge is 2.14. The van der Waals surface area contributed by atoms with Crippen LogP contribution in [0.15, 0.2) is 18.5 Å². The SMILES string of the molecule is CC(C)c1nc2ncccn2c1CCN. The fraction of sp³-hybridized carbons (Fsp3) is 0.455. The summed E-state index contributed by atoms with van der Waals surface area (Å²) in [7, 11) is 0. The number of hydrogen-bond acceptors (Lipinski definition) is 3. The lowest BCUT2D eigenvalue weighted by atomic mass is 10.1. The first-order valence-corrected chi connectivity index (χ1v) is 5.26. The molecule has 0 spiro atoms. The molecule has 2 aromatic rings. The van der Waals surface area contributed by atoms with Gasteiger partial charge in [-0.05, 0) is 18.5 Å². The second-order valence-corrected chi connectivity index (χ2v) is 3.93. The Hall–Kier alpha value is -1.42. The molecule has 2 heterocycles. The maximum absolute atomic E-state index is 5.62. The number of aromatic nitrogens is 3. The van der Waals surface area contributed by atoms with Gasteiger partial charge in [0.25, 0.3) is 0 Å². The Morgan fingerprint density at radius 2 is 2.27 bits per heavy atom. The Kier molecular flexibility index (Phi) is 2.68. The molecular formula is C11H16N4. The highest BCUT2D eigenvalue weighted by molar-refractivity contribution is 5.36. The number of rotatable bonds is 3. The van der Waals surface area contributed by atoms with E-state index in [4.69, 9.17) is 5.73 Å². The van der Waals surface area contributed by atoms with Crippen LogP contribution in [0.25, 0.3) is 5.78 Å². The van der Waals surface area contributed by atoms with Crippen LogP contribution in [-0.4, -0.2) is 20.9 Å². The van der Waals surface area contributed by atoms with E-state index in [1.54, 1.807) is 6.20 Å². The van der Waals surface area contributed by atoms with E-state index in [9.17, 15) is 0 Å². The van der Waals surface area contributed by atoms with Crippen molar-refractivity contribution in [3.05, 3.63) is 29.8 Å². The minimum atomic E-state index is 0.410. The molecule has 0 atom stereocenters. The maximum atomic E-state index is 5.62. The van der Waals surface area contributed by atoms with Gasteiger partial charge in [0.05, 0.1) is 5.69 Å². The van der Waals surface area contributed by atoms with Gasteiger partial charge in [0.15, 0.2) is 0 Å². The third-order valence-electron chi connectivity index (χ3n) is 2.46. The van der Waals surface area contributed by atoms with Crippen molar-refractivity contribution >= 4 is 5.78 Å². The third-order valence-corrected chi connectivity index (χ3v) is 2.46. The van der Waals surface area contributed by atoms with E-state index in [0.717, 1.165) is 17.9 Å². The highest BCUT2D eigenvalue weighted by atomic mass is 15.1. The van der Waals surface area contributed by atoms with Gasteiger partial charge in [-0.3, -0.25) is 4.40 Å². The number of imidazole rings is 1. The molecule has 2 aromatic heterocycles. The highest BCUT2D eigenvalue weighted by Crippen LogP contribution is 2.19. The number of nitrogens with zero attached hydrogens (tertiary/aromatic N) is 3. The van der Waals surface area contributed by atoms with Crippen molar-refractivity contribution in [3.63, 3.8) is 0 Å². The molecule has 0 aromatic carbocycles. The predicted molar refractivity (Wildman–Crippen MR) is 59.8 cm³/mol. The van der Waals surface area contributed by atoms with Crippen molar-refractivity contribution in [1.29, 1.82) is 0 Å². The molecule has 0 saturated heterocycles. The van der Waals surface area contributed by atoms with Gasteiger partial charge in [-0.2, -0.15) is 0 Å². The summed E-state index contributed by atoms with van der Waals surface area (Å²) < 4.78 is 2.03. The van der Waals surface area contributed by atoms with Crippen molar-refractivity contribution in [2.75, 3.05) is 6.54 Å². The van der Waals surface area contributed by atoms with Crippen molar-refractivity contribution in [3.8, 4) is 0 Å². The minimum absolute atomic E-state index is 0.410. The zero-order valence-corrected chi connectivity index (χ0v) is 9.14. The average molecular weight is 204 g/mol. The first-order chi connectivity index (χ1) is 7.24. The average Bonchev–Trinajstić information content (AvgIpc) is 2.58. The molecule has 0 saturated carbocycles. The van der Waals surface area contributed by atoms with Crippen LogP contribution in [0.2, 0.25) is 0 Å². The van der Waals surface area contributed by atoms with Gasteiger partial charge in [0.2, 0.25) is 5.78 Å². The molecule has 4 heteroatoms. The standard InChI is InChI=1S/C11H16N4/c1-8(2)10-9(4-5-12)15-7-3-6-13-11(15)14-10/h3,6-8H,4-5,12H2,1-2H3. The molecule has 0 bridgehead atoms. The van der Waals surface area contributed by atoms with Crippen molar-refractivity contribution < 1.29 is 0 Å². The molecule has 0 unspecified atom stereocenters. The van der Waals surface area contributed by atoms with E-state index in [2.05, 4.69) is 23.8 Å². The Labute approximate surface area is 89.2 Å². The van der Waals surface area contributed by atoms with E-state index in [-0.39, 0.29) is 0 Å². The Morgan fingerprint density at radius 1 is 1.47 bits per heavy atom. The second kappa shape index (κ2) is 3.98. The molecule has 2 N–H and O–H groups in total. The molecule has 0 aliphatic rings. The fourth-order valence-corrected chi connectivity index (χ4v) is 1.80. The van der Waals surface area contributed by atoms with Crippen molar-refractivity contribution in [2.24, 2.45) is 5.73 Å².